The average molecular weight is 290 g/mol. The fourth-order valence-electron chi connectivity index (χ4n) is 2.06. The molecule has 4 heteroatoms. The third kappa shape index (κ3) is 4.05. The lowest BCUT2D eigenvalue weighted by molar-refractivity contribution is 0.340. The third-order valence-corrected chi connectivity index (χ3v) is 4.30. The van der Waals surface area contributed by atoms with Gasteiger partial charge in [0.05, 0.1) is 11.6 Å². The highest BCUT2D eigenvalue weighted by Crippen LogP contribution is 2.20. The predicted octanol–water partition coefficient (Wildman–Crippen LogP) is 4.00. The normalized spacial score (nSPS) is 13.9. The van der Waals surface area contributed by atoms with Crippen LogP contribution in [0.3, 0.4) is 0 Å². The van der Waals surface area contributed by atoms with Crippen molar-refractivity contribution in [2.45, 2.75) is 32.7 Å². The number of nitrogens with one attached hydrogen (secondary N) is 1. The molecule has 0 saturated heterocycles. The van der Waals surface area contributed by atoms with Gasteiger partial charge in [0.25, 0.3) is 0 Å². The molecule has 3 nitrogen and oxygen atoms in total. The fourth-order valence-corrected chi connectivity index (χ4v) is 2.75. The van der Waals surface area contributed by atoms with Gasteiger partial charge in [-0.3, -0.25) is 0 Å². The maximum atomic E-state index is 5.46. The Kier molecular flexibility index (Phi) is 5.56. The lowest BCUT2D eigenvalue weighted by atomic mass is 10.1. The smallest absolute Gasteiger partial charge is 0.119 e. The van der Waals surface area contributed by atoms with Gasteiger partial charge in [-0.25, -0.2) is 4.98 Å². The van der Waals surface area contributed by atoms with E-state index in [1.165, 1.54) is 10.6 Å². The Morgan fingerprint density at radius 1 is 1.25 bits per heavy atom. The third-order valence-electron chi connectivity index (χ3n) is 3.29. The van der Waals surface area contributed by atoms with E-state index in [9.17, 15) is 0 Å². The van der Waals surface area contributed by atoms with E-state index in [0.29, 0.717) is 18.6 Å². The van der Waals surface area contributed by atoms with Crippen molar-refractivity contribution >= 4 is 11.3 Å². The molecule has 0 amide bonds. The van der Waals surface area contributed by atoms with E-state index >= 15 is 0 Å². The van der Waals surface area contributed by atoms with Gasteiger partial charge in [-0.2, -0.15) is 0 Å². The summed E-state index contributed by atoms with van der Waals surface area (Å²) in [6, 6.07) is 8.63. The molecule has 0 aliphatic heterocycles. The number of benzene rings is 1. The van der Waals surface area contributed by atoms with Gasteiger partial charge in [0.2, 0.25) is 0 Å². The average Bonchev–Trinajstić information content (AvgIpc) is 3.00. The molecule has 20 heavy (non-hydrogen) atoms. The molecule has 2 rings (SSSR count). The molecule has 0 aliphatic carbocycles. The van der Waals surface area contributed by atoms with Gasteiger partial charge in [-0.15, -0.1) is 11.3 Å². The van der Waals surface area contributed by atoms with Gasteiger partial charge < -0.3 is 10.1 Å². The topological polar surface area (TPSA) is 34.1 Å². The molecular formula is C16H22N2OS. The first-order chi connectivity index (χ1) is 9.70. The van der Waals surface area contributed by atoms with Crippen LogP contribution in [0.2, 0.25) is 0 Å². The molecule has 1 N–H and O–H groups in total. The number of ether oxygens (including phenoxy) is 1. The Hall–Kier alpha value is -1.39. The molecule has 108 valence electrons. The SMILES string of the molecule is CCOc1ccc(C(C)NCC(C)c2nccs2)cc1. The molecule has 0 aliphatic rings. The summed E-state index contributed by atoms with van der Waals surface area (Å²) in [7, 11) is 0. The summed E-state index contributed by atoms with van der Waals surface area (Å²) >= 11 is 1.72. The Morgan fingerprint density at radius 2 is 2.00 bits per heavy atom. The minimum Gasteiger partial charge on any atom is -0.494 e. The Bertz CT molecular complexity index is 496. The number of rotatable bonds is 7. The Balaban J connectivity index is 1.86. The van der Waals surface area contributed by atoms with Crippen molar-refractivity contribution in [3.8, 4) is 5.75 Å². The highest BCUT2D eigenvalue weighted by molar-refractivity contribution is 7.09. The van der Waals surface area contributed by atoms with E-state index in [4.69, 9.17) is 4.74 Å². The maximum absolute atomic E-state index is 5.46. The fraction of sp³-hybridized carbons (Fsp3) is 0.438. The molecule has 1 aromatic heterocycles. The minimum absolute atomic E-state index is 0.327. The van der Waals surface area contributed by atoms with E-state index in [0.717, 1.165) is 12.3 Å². The van der Waals surface area contributed by atoms with Crippen molar-refractivity contribution in [3.05, 3.63) is 46.4 Å². The molecule has 0 fully saturated rings. The summed E-state index contributed by atoms with van der Waals surface area (Å²) in [5, 5.41) is 6.78. The van der Waals surface area contributed by atoms with E-state index in [1.54, 1.807) is 11.3 Å². The standard InChI is InChI=1S/C16H22N2OS/c1-4-19-15-7-5-14(6-8-15)13(3)18-11-12(2)16-17-9-10-20-16/h5-10,12-13,18H,4,11H2,1-3H3. The molecule has 2 atom stereocenters. The molecule has 2 aromatic rings. The first-order valence-corrected chi connectivity index (χ1v) is 7.94. The zero-order valence-electron chi connectivity index (χ0n) is 12.3. The van der Waals surface area contributed by atoms with Gasteiger partial charge in [0.15, 0.2) is 0 Å². The molecule has 0 radical (unpaired) electrons. The van der Waals surface area contributed by atoms with Crippen molar-refractivity contribution in [2.75, 3.05) is 13.2 Å². The molecule has 0 bridgehead atoms. The Morgan fingerprint density at radius 3 is 2.60 bits per heavy atom. The number of thiazole rings is 1. The number of hydrogen-bond donors (Lipinski definition) is 1. The van der Waals surface area contributed by atoms with Crippen molar-refractivity contribution in [1.82, 2.24) is 10.3 Å². The number of nitrogens with zero attached hydrogens (tertiary/aromatic N) is 1. The monoisotopic (exact) mass is 290 g/mol. The molecule has 0 saturated carbocycles. The minimum atomic E-state index is 0.327. The summed E-state index contributed by atoms with van der Waals surface area (Å²) < 4.78 is 5.46. The zero-order chi connectivity index (χ0) is 14.4. The number of aromatic nitrogens is 1. The van der Waals surface area contributed by atoms with Gasteiger partial charge in [0, 0.05) is 30.1 Å². The summed E-state index contributed by atoms with van der Waals surface area (Å²) in [5.74, 6) is 1.37. The van der Waals surface area contributed by atoms with Crippen LogP contribution in [-0.2, 0) is 0 Å². The highest BCUT2D eigenvalue weighted by atomic mass is 32.1. The molecule has 1 heterocycles. The van der Waals surface area contributed by atoms with Crippen molar-refractivity contribution in [1.29, 1.82) is 0 Å². The predicted molar refractivity (Wildman–Crippen MR) is 84.6 cm³/mol. The quantitative estimate of drug-likeness (QED) is 0.837. The van der Waals surface area contributed by atoms with Crippen LogP contribution in [-0.4, -0.2) is 18.1 Å². The first-order valence-electron chi connectivity index (χ1n) is 7.06. The van der Waals surface area contributed by atoms with Gasteiger partial charge >= 0.3 is 0 Å². The van der Waals surface area contributed by atoms with Crippen LogP contribution in [0.4, 0.5) is 0 Å². The van der Waals surface area contributed by atoms with E-state index in [-0.39, 0.29) is 0 Å². The van der Waals surface area contributed by atoms with Crippen molar-refractivity contribution < 1.29 is 4.74 Å². The van der Waals surface area contributed by atoms with Crippen LogP contribution >= 0.6 is 11.3 Å². The maximum Gasteiger partial charge on any atom is 0.119 e. The largest absolute Gasteiger partial charge is 0.494 e. The summed E-state index contributed by atoms with van der Waals surface area (Å²) in [6.45, 7) is 8.03. The second-order valence-corrected chi connectivity index (χ2v) is 5.83. The summed E-state index contributed by atoms with van der Waals surface area (Å²) in [5.41, 5.74) is 1.28. The molecular weight excluding hydrogens is 268 g/mol. The first kappa shape index (κ1) is 15.0. The second-order valence-electron chi connectivity index (χ2n) is 4.90. The van der Waals surface area contributed by atoms with Gasteiger partial charge in [-0.05, 0) is 31.5 Å². The van der Waals surface area contributed by atoms with Crippen LogP contribution in [0.25, 0.3) is 0 Å². The molecule has 0 spiro atoms. The lowest BCUT2D eigenvalue weighted by Gasteiger charge is -2.17. The van der Waals surface area contributed by atoms with Crippen LogP contribution in [0.15, 0.2) is 35.8 Å². The van der Waals surface area contributed by atoms with Gasteiger partial charge in [0.1, 0.15) is 5.75 Å². The van der Waals surface area contributed by atoms with Crippen LogP contribution in [0, 0.1) is 0 Å². The number of hydrogen-bond acceptors (Lipinski definition) is 4. The summed E-state index contributed by atoms with van der Waals surface area (Å²) in [6.07, 6.45) is 1.87. The molecule has 2 unspecified atom stereocenters. The van der Waals surface area contributed by atoms with Gasteiger partial charge in [-0.1, -0.05) is 19.1 Å². The van der Waals surface area contributed by atoms with Crippen LogP contribution < -0.4 is 10.1 Å². The molecule has 1 aromatic carbocycles. The van der Waals surface area contributed by atoms with E-state index in [1.807, 2.05) is 30.6 Å². The highest BCUT2D eigenvalue weighted by Gasteiger charge is 2.11. The van der Waals surface area contributed by atoms with E-state index < -0.39 is 0 Å². The van der Waals surface area contributed by atoms with Crippen molar-refractivity contribution in [3.63, 3.8) is 0 Å². The lowest BCUT2D eigenvalue weighted by Crippen LogP contribution is -2.23. The second kappa shape index (κ2) is 7.41. The van der Waals surface area contributed by atoms with Crippen LogP contribution in [0.5, 0.6) is 5.75 Å². The van der Waals surface area contributed by atoms with Crippen LogP contribution in [0.1, 0.15) is 43.3 Å². The summed E-state index contributed by atoms with van der Waals surface area (Å²) in [4.78, 5) is 4.36. The van der Waals surface area contributed by atoms with Crippen molar-refractivity contribution in [2.24, 2.45) is 0 Å². The Labute approximate surface area is 125 Å². The van der Waals surface area contributed by atoms with E-state index in [2.05, 4.69) is 36.3 Å². The zero-order valence-corrected chi connectivity index (χ0v) is 13.1.